The van der Waals surface area contributed by atoms with E-state index in [0.717, 1.165) is 19.4 Å². The fourth-order valence-electron chi connectivity index (χ4n) is 2.06. The third-order valence-corrected chi connectivity index (χ3v) is 4.74. The van der Waals surface area contributed by atoms with Gasteiger partial charge in [-0.2, -0.15) is 0 Å². The zero-order chi connectivity index (χ0) is 15.1. The Morgan fingerprint density at radius 3 is 2.76 bits per heavy atom. The Labute approximate surface area is 125 Å². The summed E-state index contributed by atoms with van der Waals surface area (Å²) in [5.41, 5.74) is 6.21. The van der Waals surface area contributed by atoms with Crippen molar-refractivity contribution in [2.45, 2.75) is 30.8 Å². The lowest BCUT2D eigenvalue weighted by Gasteiger charge is -2.10. The number of nitrogens with two attached hydrogens (primary N) is 1. The summed E-state index contributed by atoms with van der Waals surface area (Å²) >= 11 is 0. The number of hydrogen-bond acceptors (Lipinski definition) is 4. The van der Waals surface area contributed by atoms with Gasteiger partial charge < -0.3 is 10.3 Å². The lowest BCUT2D eigenvalue weighted by molar-refractivity contribution is 0.565. The van der Waals surface area contributed by atoms with Crippen LogP contribution in [0.1, 0.15) is 18.4 Å². The van der Waals surface area contributed by atoms with Crippen LogP contribution in [0.15, 0.2) is 47.9 Å². The summed E-state index contributed by atoms with van der Waals surface area (Å²) in [7, 11) is -3.49. The highest BCUT2D eigenvalue weighted by molar-refractivity contribution is 7.89. The minimum Gasteiger partial charge on any atom is -0.337 e. The molecule has 7 heteroatoms. The van der Waals surface area contributed by atoms with Gasteiger partial charge in [0, 0.05) is 32.0 Å². The molecule has 0 unspecified atom stereocenters. The monoisotopic (exact) mass is 308 g/mol. The first-order chi connectivity index (χ1) is 10.1. The van der Waals surface area contributed by atoms with E-state index in [4.69, 9.17) is 5.73 Å². The maximum atomic E-state index is 12.2. The maximum absolute atomic E-state index is 12.2. The lowest BCUT2D eigenvalue weighted by atomic mass is 10.2. The predicted octanol–water partition coefficient (Wildman–Crippen LogP) is 1.10. The zero-order valence-electron chi connectivity index (χ0n) is 11.8. The molecule has 0 saturated carbocycles. The second-order valence-electron chi connectivity index (χ2n) is 4.72. The molecule has 0 aliphatic rings. The van der Waals surface area contributed by atoms with Crippen molar-refractivity contribution in [3.63, 3.8) is 0 Å². The first kappa shape index (κ1) is 15.7. The van der Waals surface area contributed by atoms with Gasteiger partial charge in [-0.1, -0.05) is 18.2 Å². The SMILES string of the molecule is NCc1ccccc1S(=O)(=O)NCCCCn1ccnc1. The third kappa shape index (κ3) is 4.38. The Hall–Kier alpha value is -1.70. The molecule has 0 spiro atoms. The topological polar surface area (TPSA) is 90.0 Å². The zero-order valence-corrected chi connectivity index (χ0v) is 12.6. The molecule has 6 nitrogen and oxygen atoms in total. The summed E-state index contributed by atoms with van der Waals surface area (Å²) in [6.45, 7) is 1.45. The van der Waals surface area contributed by atoms with Gasteiger partial charge in [0.25, 0.3) is 0 Å². The minimum absolute atomic E-state index is 0.206. The van der Waals surface area contributed by atoms with Crippen LogP contribution >= 0.6 is 0 Å². The van der Waals surface area contributed by atoms with Gasteiger partial charge in [0.05, 0.1) is 11.2 Å². The largest absolute Gasteiger partial charge is 0.337 e. The Morgan fingerprint density at radius 1 is 1.24 bits per heavy atom. The van der Waals surface area contributed by atoms with Crippen molar-refractivity contribution in [2.24, 2.45) is 5.73 Å². The molecule has 0 atom stereocenters. The van der Waals surface area contributed by atoms with E-state index in [0.29, 0.717) is 12.1 Å². The van der Waals surface area contributed by atoms with Crippen LogP contribution in [0.2, 0.25) is 0 Å². The van der Waals surface area contributed by atoms with Gasteiger partial charge in [-0.3, -0.25) is 0 Å². The molecule has 2 rings (SSSR count). The van der Waals surface area contributed by atoms with E-state index in [1.54, 1.807) is 36.8 Å². The molecule has 1 aromatic carbocycles. The molecule has 114 valence electrons. The first-order valence-corrected chi connectivity index (χ1v) is 8.35. The summed E-state index contributed by atoms with van der Waals surface area (Å²) in [6.07, 6.45) is 7.02. The number of aromatic nitrogens is 2. The number of rotatable bonds is 8. The fourth-order valence-corrected chi connectivity index (χ4v) is 3.38. The van der Waals surface area contributed by atoms with Crippen molar-refractivity contribution >= 4 is 10.0 Å². The van der Waals surface area contributed by atoms with Crippen LogP contribution in [-0.2, 0) is 23.1 Å². The van der Waals surface area contributed by atoms with Gasteiger partial charge in [-0.05, 0) is 24.5 Å². The van der Waals surface area contributed by atoms with E-state index in [1.807, 2.05) is 10.8 Å². The summed E-state index contributed by atoms with van der Waals surface area (Å²) in [5.74, 6) is 0. The van der Waals surface area contributed by atoms with Gasteiger partial charge in [0.1, 0.15) is 0 Å². The number of unbranched alkanes of at least 4 members (excludes halogenated alkanes) is 1. The average molecular weight is 308 g/mol. The number of hydrogen-bond donors (Lipinski definition) is 2. The lowest BCUT2D eigenvalue weighted by Crippen LogP contribution is -2.26. The summed E-state index contributed by atoms with van der Waals surface area (Å²) in [4.78, 5) is 4.22. The number of nitrogens with zero attached hydrogens (tertiary/aromatic N) is 2. The second kappa shape index (κ2) is 7.35. The summed E-state index contributed by atoms with van der Waals surface area (Å²) < 4.78 is 29.0. The second-order valence-corrected chi connectivity index (χ2v) is 6.45. The van der Waals surface area contributed by atoms with Crippen molar-refractivity contribution < 1.29 is 8.42 Å². The molecular weight excluding hydrogens is 288 g/mol. The Balaban J connectivity index is 1.84. The van der Waals surface area contributed by atoms with E-state index in [9.17, 15) is 8.42 Å². The van der Waals surface area contributed by atoms with Crippen LogP contribution in [0.5, 0.6) is 0 Å². The molecule has 0 aliphatic carbocycles. The Kier molecular flexibility index (Phi) is 5.49. The molecule has 0 amide bonds. The number of imidazole rings is 1. The van der Waals surface area contributed by atoms with Crippen molar-refractivity contribution in [3.05, 3.63) is 48.5 Å². The Morgan fingerprint density at radius 2 is 2.05 bits per heavy atom. The molecule has 0 fully saturated rings. The first-order valence-electron chi connectivity index (χ1n) is 6.87. The molecule has 2 aromatic rings. The molecule has 1 heterocycles. The molecule has 1 aromatic heterocycles. The maximum Gasteiger partial charge on any atom is 0.240 e. The highest BCUT2D eigenvalue weighted by Gasteiger charge is 2.16. The standard InChI is InChI=1S/C14H20N4O2S/c15-11-13-5-1-2-6-14(13)21(19,20)17-7-3-4-9-18-10-8-16-12-18/h1-2,5-6,8,10,12,17H,3-4,7,9,11,15H2. The van der Waals surface area contributed by atoms with Crippen molar-refractivity contribution in [1.29, 1.82) is 0 Å². The number of nitrogens with one attached hydrogen (secondary N) is 1. The molecule has 0 aliphatic heterocycles. The van der Waals surface area contributed by atoms with Crippen LogP contribution in [-0.4, -0.2) is 24.5 Å². The summed E-state index contributed by atoms with van der Waals surface area (Å²) in [6, 6.07) is 6.79. The highest BCUT2D eigenvalue weighted by Crippen LogP contribution is 2.14. The average Bonchev–Trinajstić information content (AvgIpc) is 3.00. The number of benzene rings is 1. The summed E-state index contributed by atoms with van der Waals surface area (Å²) in [5, 5.41) is 0. The normalized spacial score (nSPS) is 11.7. The quantitative estimate of drug-likeness (QED) is 0.715. The van der Waals surface area contributed by atoms with Gasteiger partial charge in [-0.15, -0.1) is 0 Å². The van der Waals surface area contributed by atoms with Gasteiger partial charge in [0.15, 0.2) is 0 Å². The van der Waals surface area contributed by atoms with Crippen LogP contribution in [0.4, 0.5) is 0 Å². The molecule has 21 heavy (non-hydrogen) atoms. The van der Waals surface area contributed by atoms with E-state index >= 15 is 0 Å². The van der Waals surface area contributed by atoms with Crippen molar-refractivity contribution in [1.82, 2.24) is 14.3 Å². The number of sulfonamides is 1. The molecule has 0 bridgehead atoms. The van der Waals surface area contributed by atoms with Crippen LogP contribution in [0, 0.1) is 0 Å². The van der Waals surface area contributed by atoms with E-state index in [2.05, 4.69) is 9.71 Å². The fraction of sp³-hybridized carbons (Fsp3) is 0.357. The van der Waals surface area contributed by atoms with Crippen LogP contribution in [0.25, 0.3) is 0 Å². The van der Waals surface area contributed by atoms with E-state index in [-0.39, 0.29) is 11.4 Å². The van der Waals surface area contributed by atoms with Crippen molar-refractivity contribution in [2.75, 3.05) is 6.54 Å². The molecular formula is C14H20N4O2S. The Bertz CT molecular complexity index is 653. The molecule has 0 saturated heterocycles. The molecule has 0 radical (unpaired) electrons. The number of aryl methyl sites for hydroxylation is 1. The highest BCUT2D eigenvalue weighted by atomic mass is 32.2. The van der Waals surface area contributed by atoms with Crippen LogP contribution in [0.3, 0.4) is 0 Å². The van der Waals surface area contributed by atoms with Gasteiger partial charge in [0.2, 0.25) is 10.0 Å². The predicted molar refractivity (Wildman–Crippen MR) is 81.0 cm³/mol. The molecule has 3 N–H and O–H groups in total. The smallest absolute Gasteiger partial charge is 0.240 e. The van der Waals surface area contributed by atoms with E-state index in [1.165, 1.54) is 0 Å². The third-order valence-electron chi connectivity index (χ3n) is 3.18. The van der Waals surface area contributed by atoms with E-state index < -0.39 is 10.0 Å². The van der Waals surface area contributed by atoms with Crippen LogP contribution < -0.4 is 10.5 Å². The van der Waals surface area contributed by atoms with Crippen molar-refractivity contribution in [3.8, 4) is 0 Å². The minimum atomic E-state index is -3.49. The van der Waals surface area contributed by atoms with Gasteiger partial charge in [-0.25, -0.2) is 18.1 Å². The van der Waals surface area contributed by atoms with Gasteiger partial charge >= 0.3 is 0 Å².